The quantitative estimate of drug-likeness (QED) is 0.111. The summed E-state index contributed by atoms with van der Waals surface area (Å²) in [5.74, 6) is 5.89. The smallest absolute Gasteiger partial charge is 0.164 e. The molecule has 25 rings (SSSR count). The van der Waals surface area contributed by atoms with Crippen LogP contribution in [0.1, 0.15) is 158 Å². The Morgan fingerprint density at radius 1 is 0.153 bits per heavy atom. The Labute approximate surface area is 843 Å². The van der Waals surface area contributed by atoms with Crippen LogP contribution in [-0.4, -0.2) is 58.6 Å². The third kappa shape index (κ3) is 14.4. The zero-order valence-electron chi connectivity index (χ0n) is 85.3. The van der Waals surface area contributed by atoms with E-state index in [1.165, 1.54) is 98.8 Å². The van der Waals surface area contributed by atoms with E-state index >= 15 is 0 Å². The summed E-state index contributed by atoms with van der Waals surface area (Å²) < 4.78 is 7.28. The number of hydrogen-bond acceptors (Lipinski definition) is 9. The van der Waals surface area contributed by atoms with Crippen molar-refractivity contribution in [2.75, 3.05) is 0 Å². The Balaban J connectivity index is 0.000000120. The van der Waals surface area contributed by atoms with Gasteiger partial charge in [-0.05, 0) is 178 Å². The summed E-state index contributed by atoms with van der Waals surface area (Å²) >= 11 is 0. The van der Waals surface area contributed by atoms with E-state index in [0.717, 1.165) is 78.3 Å². The first-order valence-electron chi connectivity index (χ1n) is 50.5. The molecule has 0 unspecified atom stereocenters. The fourth-order valence-corrected chi connectivity index (χ4v) is 23.7. The predicted molar refractivity (Wildman–Crippen MR) is 596 cm³/mol. The molecule has 12 nitrogen and oxygen atoms in total. The van der Waals surface area contributed by atoms with Crippen LogP contribution in [0.25, 0.3) is 196 Å². The van der Waals surface area contributed by atoms with Crippen LogP contribution in [0.2, 0.25) is 0 Å². The van der Waals surface area contributed by atoms with Crippen LogP contribution in [-0.2, 0) is 32.5 Å². The van der Waals surface area contributed by atoms with Gasteiger partial charge in [0.15, 0.2) is 52.4 Å². The van der Waals surface area contributed by atoms with E-state index in [9.17, 15) is 0 Å². The molecular weight excluding hydrogens is 1750 g/mol. The molecule has 0 fully saturated rings. The average Bonchev–Trinajstić information content (AvgIpc) is 1.53. The highest BCUT2D eigenvalue weighted by atomic mass is 15.1. The lowest BCUT2D eigenvalue weighted by atomic mass is 9.59. The van der Waals surface area contributed by atoms with Crippen molar-refractivity contribution in [3.8, 4) is 131 Å². The molecule has 6 heterocycles. The largest absolute Gasteiger partial charge is 0.309 e. The van der Waals surface area contributed by atoms with Gasteiger partial charge in [-0.1, -0.05) is 428 Å². The summed E-state index contributed by atoms with van der Waals surface area (Å²) in [6, 6.07) is 137. The van der Waals surface area contributed by atoms with Crippen LogP contribution in [0.15, 0.2) is 388 Å². The minimum atomic E-state index is -0.0517. The zero-order valence-corrected chi connectivity index (χ0v) is 85.3. The molecule has 0 N–H and O–H groups in total. The summed E-state index contributed by atoms with van der Waals surface area (Å²) in [5, 5.41) is 7.84. The molecule has 0 bridgehead atoms. The molecule has 0 spiro atoms. The highest BCUT2D eigenvalue weighted by Gasteiger charge is 2.60. The number of rotatable bonds is 13. The standard InChI is InChI=1S/C48H42N4.2C42H38N4/c1-46(2)38-26-27-40-41(42(38)47(3,4)48(46,5)6)37-24-16-17-25-39(37)52(40)36-29-34(31-18-10-7-11-19-31)28-35(30-36)45-50-43(32-20-12-8-13-21-32)49-44(51-45)33-22-14-9-15-23-33;1-40(2)33-25-32-31-22-13-14-23-35(31)46(36(32)26-34(33)41(3,4)42(40,5)6)30-21-15-20-29(24-30)39-44-37(27-16-9-7-10-17-27)43-38(45-39)28-18-11-8-12-19-28;1-40(2)32-24-25-34-35(36(32)41(3,4)42(40,5)6)31-22-13-14-23-33(31)46(34)30-21-15-20-29(26-30)39-44-37(27-16-9-7-10-17-27)43-38(45-39)28-18-11-8-12-19-28/h7-30H,1-6H3;2*7-26H,1-6H3. The van der Waals surface area contributed by atoms with E-state index in [-0.39, 0.29) is 48.7 Å². The van der Waals surface area contributed by atoms with Gasteiger partial charge in [0.05, 0.1) is 33.1 Å². The number of aromatic nitrogens is 12. The van der Waals surface area contributed by atoms with E-state index in [4.69, 9.17) is 44.9 Å². The van der Waals surface area contributed by atoms with Crippen molar-refractivity contribution in [2.45, 2.75) is 157 Å². The molecule has 0 aliphatic heterocycles. The van der Waals surface area contributed by atoms with Crippen molar-refractivity contribution in [2.24, 2.45) is 16.2 Å². The van der Waals surface area contributed by atoms with Crippen LogP contribution in [0.4, 0.5) is 0 Å². The van der Waals surface area contributed by atoms with Gasteiger partial charge >= 0.3 is 0 Å². The summed E-state index contributed by atoms with van der Waals surface area (Å²) in [6.07, 6.45) is 0. The van der Waals surface area contributed by atoms with Gasteiger partial charge in [0, 0.05) is 99.5 Å². The summed E-state index contributed by atoms with van der Waals surface area (Å²) in [4.78, 5) is 45.1. The fourth-order valence-electron chi connectivity index (χ4n) is 23.7. The number of para-hydroxylation sites is 3. The number of hydrogen-bond donors (Lipinski definition) is 0. The van der Waals surface area contributed by atoms with Crippen LogP contribution >= 0.6 is 0 Å². The Hall–Kier alpha value is -16.1. The van der Waals surface area contributed by atoms with Crippen molar-refractivity contribution in [1.82, 2.24) is 58.6 Å². The van der Waals surface area contributed by atoms with E-state index in [2.05, 4.69) is 369 Å². The van der Waals surface area contributed by atoms with Crippen LogP contribution < -0.4 is 0 Å². The van der Waals surface area contributed by atoms with Gasteiger partial charge in [0.25, 0.3) is 0 Å². The maximum absolute atomic E-state index is 5.15. The topological polar surface area (TPSA) is 131 Å². The fraction of sp³-hybridized carbons (Fsp3) is 0.205. The maximum atomic E-state index is 5.15. The predicted octanol–water partition coefficient (Wildman–Crippen LogP) is 33.4. The molecule has 0 saturated carbocycles. The van der Waals surface area contributed by atoms with Crippen molar-refractivity contribution in [3.63, 3.8) is 0 Å². The van der Waals surface area contributed by atoms with Gasteiger partial charge in [0.2, 0.25) is 0 Å². The van der Waals surface area contributed by atoms with Gasteiger partial charge < -0.3 is 13.7 Å². The molecule has 0 saturated heterocycles. The first-order chi connectivity index (χ1) is 69.2. The number of fused-ring (bicyclic) bond motifs is 14. The van der Waals surface area contributed by atoms with Gasteiger partial charge in [-0.15, -0.1) is 0 Å². The molecule has 6 aromatic heterocycles. The zero-order chi connectivity index (χ0) is 99.5. The first-order valence-corrected chi connectivity index (χ1v) is 50.5. The van der Waals surface area contributed by atoms with Gasteiger partial charge in [0.1, 0.15) is 0 Å². The van der Waals surface area contributed by atoms with E-state index in [1.807, 2.05) is 158 Å². The van der Waals surface area contributed by atoms with Gasteiger partial charge in [-0.25, -0.2) is 44.9 Å². The summed E-state index contributed by atoms with van der Waals surface area (Å²) in [6.45, 7) is 43.7. The van der Waals surface area contributed by atoms with Gasteiger partial charge in [-0.2, -0.15) is 0 Å². The Morgan fingerprint density at radius 2 is 0.403 bits per heavy atom. The molecule has 0 atom stereocenters. The molecule has 0 amide bonds. The third-order valence-electron chi connectivity index (χ3n) is 35.2. The molecule has 706 valence electrons. The molecule has 3 aliphatic rings. The molecule has 22 aromatic rings. The maximum Gasteiger partial charge on any atom is 0.164 e. The van der Waals surface area contributed by atoms with Crippen molar-refractivity contribution in [3.05, 3.63) is 422 Å². The summed E-state index contributed by atoms with van der Waals surface area (Å²) in [5.41, 5.74) is 30.3. The van der Waals surface area contributed by atoms with Crippen molar-refractivity contribution in [1.29, 1.82) is 0 Å². The highest BCUT2D eigenvalue weighted by molar-refractivity contribution is 6.14. The number of benzene rings is 16. The third-order valence-corrected chi connectivity index (χ3v) is 35.2. The van der Waals surface area contributed by atoms with E-state index in [0.29, 0.717) is 52.4 Å². The van der Waals surface area contributed by atoms with Crippen molar-refractivity contribution >= 4 is 65.4 Å². The molecule has 12 heteroatoms. The van der Waals surface area contributed by atoms with E-state index in [1.54, 1.807) is 0 Å². The first kappa shape index (κ1) is 91.7. The molecule has 3 aliphatic carbocycles. The molecule has 16 aromatic carbocycles. The van der Waals surface area contributed by atoms with Crippen LogP contribution in [0.5, 0.6) is 0 Å². The highest BCUT2D eigenvalue weighted by Crippen LogP contribution is 2.67. The number of nitrogens with zero attached hydrogens (tertiary/aromatic N) is 12. The van der Waals surface area contributed by atoms with E-state index < -0.39 is 0 Å². The Morgan fingerprint density at radius 3 is 0.757 bits per heavy atom. The lowest BCUT2D eigenvalue weighted by Crippen LogP contribution is -2.42. The Kier molecular flexibility index (Phi) is 21.7. The second-order valence-electron chi connectivity index (χ2n) is 44.2. The second kappa shape index (κ2) is 34.1. The minimum absolute atomic E-state index is 0.00915. The SMILES string of the molecule is CC1(C)c2cc3c4ccccc4n(-c4cccc(-c5nc(-c6ccccc6)nc(-c6ccccc6)n5)c4)c3cc2C(C)(C)C1(C)C.CC1(C)c2ccc3c(c2C(C)(C)C1(C)C)c1ccccc1n3-c1cc(-c2ccccc2)cc(-c2nc(-c3ccccc3)nc(-c3ccccc3)n2)c1.CC1(C)c2ccc3c(c2C(C)(C)C1(C)C)c1ccccc1n3-c1cccc(-c2nc(-c3ccccc3)nc(-c3ccccc3)n2)c1. The Bertz CT molecular complexity index is 8460. The monoisotopic (exact) mass is 1870 g/mol. The van der Waals surface area contributed by atoms with Gasteiger partial charge in [-0.3, -0.25) is 0 Å². The second-order valence-corrected chi connectivity index (χ2v) is 44.2. The van der Waals surface area contributed by atoms with Crippen LogP contribution in [0, 0.1) is 16.2 Å². The van der Waals surface area contributed by atoms with Crippen LogP contribution in [0.3, 0.4) is 0 Å². The summed E-state index contributed by atoms with van der Waals surface area (Å²) in [7, 11) is 0. The molecule has 0 radical (unpaired) electrons. The lowest BCUT2D eigenvalue weighted by molar-refractivity contribution is 0.125. The average molecular weight is 1870 g/mol. The minimum Gasteiger partial charge on any atom is -0.309 e. The van der Waals surface area contributed by atoms with Crippen molar-refractivity contribution < 1.29 is 0 Å². The normalized spacial score (nSPS) is 15.9. The lowest BCUT2D eigenvalue weighted by Gasteiger charge is -2.44. The molecular formula is C132H118N12. The molecule has 144 heavy (non-hydrogen) atoms.